The number of aromatic nitrogens is 4. The molecule has 7 aromatic rings. The number of para-hydroxylation sites is 1. The van der Waals surface area contributed by atoms with Crippen LogP contribution < -0.4 is 29.8 Å². The van der Waals surface area contributed by atoms with Gasteiger partial charge >= 0.3 is 11.9 Å². The van der Waals surface area contributed by atoms with Crippen molar-refractivity contribution in [2.24, 2.45) is 17.6 Å². The van der Waals surface area contributed by atoms with Crippen LogP contribution in [0.15, 0.2) is 111 Å². The van der Waals surface area contributed by atoms with E-state index in [1.807, 2.05) is 25.5 Å². The van der Waals surface area contributed by atoms with Gasteiger partial charge < -0.3 is 39.3 Å². The Morgan fingerprint density at radius 3 is 1.92 bits per heavy atom. The molecule has 1 aliphatic carbocycles. The van der Waals surface area contributed by atoms with Gasteiger partial charge in [-0.15, -0.1) is 0 Å². The molecule has 0 spiro atoms. The van der Waals surface area contributed by atoms with Gasteiger partial charge in [0.2, 0.25) is 11.8 Å². The smallest absolute Gasteiger partial charge is 0.341 e. The lowest BCUT2D eigenvalue weighted by atomic mass is 9.91. The van der Waals surface area contributed by atoms with E-state index in [-0.39, 0.29) is 82.9 Å². The van der Waals surface area contributed by atoms with E-state index in [1.165, 1.54) is 92.3 Å². The Kier molecular flexibility index (Phi) is 23.3. The van der Waals surface area contributed by atoms with Gasteiger partial charge in [-0.05, 0) is 143 Å². The molecule has 28 heteroatoms. The molecule has 0 atom stereocenters. The summed E-state index contributed by atoms with van der Waals surface area (Å²) in [7, 11) is -3.34. The van der Waals surface area contributed by atoms with Crippen LogP contribution >= 0.6 is 23.2 Å². The first kappa shape index (κ1) is 71.6. The first-order valence-corrected chi connectivity index (χ1v) is 33.4. The lowest BCUT2D eigenvalue weighted by Gasteiger charge is -2.19. The van der Waals surface area contributed by atoms with Gasteiger partial charge in [0.05, 0.1) is 83.2 Å². The molecule has 0 unspecified atom stereocenters. The molecule has 1 fully saturated rings. The SMILES string of the molecule is CCc1cc(C)cc(CC)c1-c1c(OC(=O)C(C)(C)C)n2n(c1=O)CCOCC2.COc1c(Cl)ccc(Cl)c1C(=O)O.COc1ccccc1C(=O)NS(=O)(=O)c1ccc(C(=O)NC2CC2)cc1.Cc1c(C(=O)c2cnn(C)c2O)ccc(S(C)(=O)=O)c1C1=NOCC1. The molecule has 5 aromatic carbocycles. The summed E-state index contributed by atoms with van der Waals surface area (Å²) in [5.74, 6) is -2.55. The van der Waals surface area contributed by atoms with Crippen LogP contribution in [-0.2, 0) is 67.2 Å². The summed E-state index contributed by atoms with van der Waals surface area (Å²) in [5, 5.41) is 29.7. The molecule has 2 aliphatic heterocycles. The number of ether oxygens (including phenoxy) is 4. The summed E-state index contributed by atoms with van der Waals surface area (Å²) in [6.45, 7) is 15.6. The number of carbonyl (C=O) groups excluding carboxylic acids is 4. The number of aromatic carboxylic acids is 1. The van der Waals surface area contributed by atoms with Crippen LogP contribution in [0.25, 0.3) is 11.1 Å². The van der Waals surface area contributed by atoms with Gasteiger partial charge in [-0.25, -0.2) is 40.4 Å². The van der Waals surface area contributed by atoms with E-state index in [2.05, 4.69) is 48.5 Å². The van der Waals surface area contributed by atoms with Crippen molar-refractivity contribution in [3.8, 4) is 34.4 Å². The van der Waals surface area contributed by atoms with E-state index >= 15 is 0 Å². The Hall–Kier alpha value is -8.82. The topological polar surface area (TPSA) is 321 Å². The fraction of sp³-hybridized carbons (Fsp3) is 0.354. The van der Waals surface area contributed by atoms with Crippen molar-refractivity contribution in [2.75, 3.05) is 40.3 Å². The Labute approximate surface area is 548 Å². The van der Waals surface area contributed by atoms with E-state index in [9.17, 15) is 50.7 Å². The predicted octanol–water partition coefficient (Wildman–Crippen LogP) is 9.33. The summed E-state index contributed by atoms with van der Waals surface area (Å²) < 4.78 is 77.1. The number of hydrogen-bond acceptors (Lipinski definition) is 18. The number of carbonyl (C=O) groups is 5. The van der Waals surface area contributed by atoms with E-state index in [0.717, 1.165) is 48.6 Å². The number of sulfone groups is 1. The third-order valence-electron chi connectivity index (χ3n) is 14.9. The summed E-state index contributed by atoms with van der Waals surface area (Å²) in [4.78, 5) is 79.1. The number of oxime groups is 1. The van der Waals surface area contributed by atoms with Crippen molar-refractivity contribution in [1.82, 2.24) is 29.2 Å². The maximum Gasteiger partial charge on any atom is 0.341 e. The normalized spacial score (nSPS) is 13.5. The van der Waals surface area contributed by atoms with Crippen LogP contribution in [0.4, 0.5) is 0 Å². The van der Waals surface area contributed by atoms with Crippen molar-refractivity contribution in [3.05, 3.63) is 167 Å². The predicted molar refractivity (Wildman–Crippen MR) is 348 cm³/mol. The zero-order valence-corrected chi connectivity index (χ0v) is 56.3. The molecule has 2 amide bonds. The number of carboxylic acid groups (broad SMARTS) is 1. The molecule has 93 heavy (non-hydrogen) atoms. The highest BCUT2D eigenvalue weighted by molar-refractivity contribution is 7.91. The molecule has 3 aliphatic rings. The summed E-state index contributed by atoms with van der Waals surface area (Å²) >= 11 is 11.4. The number of benzene rings is 5. The summed E-state index contributed by atoms with van der Waals surface area (Å²) in [6, 6.07) is 21.9. The van der Waals surface area contributed by atoms with Gasteiger partial charge in [-0.1, -0.05) is 72.0 Å². The number of aryl methyl sites for hydroxylation is 4. The van der Waals surface area contributed by atoms with Gasteiger partial charge in [-0.2, -0.15) is 5.10 Å². The Morgan fingerprint density at radius 1 is 0.774 bits per heavy atom. The maximum atomic E-state index is 13.5. The number of fused-ring (bicyclic) bond motifs is 1. The Morgan fingerprint density at radius 2 is 1.40 bits per heavy atom. The Balaban J connectivity index is 0.000000181. The zero-order valence-electron chi connectivity index (χ0n) is 53.1. The number of aromatic hydroxyl groups is 1. The van der Waals surface area contributed by atoms with Gasteiger partial charge in [0.15, 0.2) is 21.4 Å². The molecule has 0 bridgehead atoms. The van der Waals surface area contributed by atoms with Crippen molar-refractivity contribution in [3.63, 3.8) is 0 Å². The fourth-order valence-electron chi connectivity index (χ4n) is 9.90. The van der Waals surface area contributed by atoms with Crippen molar-refractivity contribution in [1.29, 1.82) is 0 Å². The number of halogens is 2. The van der Waals surface area contributed by atoms with Gasteiger partial charge in [0, 0.05) is 42.5 Å². The maximum absolute atomic E-state index is 13.5. The largest absolute Gasteiger partial charge is 0.496 e. The lowest BCUT2D eigenvalue weighted by molar-refractivity contribution is -0.143. The van der Waals surface area contributed by atoms with Crippen LogP contribution in [0, 0.1) is 19.3 Å². The molecule has 0 radical (unpaired) electrons. The molecule has 496 valence electrons. The van der Waals surface area contributed by atoms with Crippen molar-refractivity contribution in [2.45, 2.75) is 109 Å². The van der Waals surface area contributed by atoms with E-state index < -0.39 is 42.9 Å². The molecule has 4 N–H and O–H groups in total. The first-order chi connectivity index (χ1) is 43.9. The number of sulfonamides is 1. The minimum Gasteiger partial charge on any atom is -0.496 e. The monoisotopic (exact) mass is 1360 g/mol. The summed E-state index contributed by atoms with van der Waals surface area (Å²) in [5.41, 5.74) is 6.02. The molecule has 1 saturated carbocycles. The minimum absolute atomic E-state index is 0.0493. The number of rotatable bonds is 16. The average Bonchev–Trinajstić information content (AvgIpc) is 1.66. The second-order valence-electron chi connectivity index (χ2n) is 22.6. The third-order valence-corrected chi connectivity index (χ3v) is 18.0. The number of nitrogens with one attached hydrogen (secondary N) is 2. The molecule has 24 nitrogen and oxygen atoms in total. The number of methoxy groups -OCH3 is 2. The first-order valence-electron chi connectivity index (χ1n) is 29.3. The lowest BCUT2D eigenvalue weighted by Crippen LogP contribution is -2.31. The number of ketones is 1. The van der Waals surface area contributed by atoms with Crippen molar-refractivity contribution < 1.29 is 74.8 Å². The van der Waals surface area contributed by atoms with Crippen LogP contribution in [0.3, 0.4) is 0 Å². The standard InChI is InChI=1S/C23H32N2O4.C18H18N2O5S.C16H17N3O5S.C8H6Cl2O3/c1-7-16-13-15(3)14-17(8-2)18(16)19-20(26)24-9-11-28-12-10-25(24)21(19)29-22(27)23(4,5)6;1-25-16-5-3-2-4-15(16)18(22)20-26(23,24)14-10-6-12(7-11-14)17(21)19-13-8-9-13;1-9-10(15(20)11-8-17-19(2)16(11)21)4-5-13(25(3,22)23)14(9)12-6-7-24-18-12;1-13-7-5(10)3-2-4(9)6(7)8(11)12/h13-14H,7-12H2,1-6H3;2-7,10-11,13H,8-9H2,1H3,(H,19,21)(H,20,22);4-5,8,21H,6-7H2,1-3H3;2-3H,1H3,(H,11,12). The second-order valence-corrected chi connectivity index (χ2v) is 27.1. The molecule has 4 heterocycles. The van der Waals surface area contributed by atoms with Crippen LogP contribution in [0.2, 0.25) is 10.0 Å². The van der Waals surface area contributed by atoms with Gasteiger partial charge in [-0.3, -0.25) is 24.0 Å². The van der Waals surface area contributed by atoms with Crippen molar-refractivity contribution >= 4 is 78.3 Å². The van der Waals surface area contributed by atoms with E-state index in [0.29, 0.717) is 73.2 Å². The molecule has 10 rings (SSSR count). The average molecular weight is 1360 g/mol. The third kappa shape index (κ3) is 16.9. The molecule has 2 aromatic heterocycles. The van der Waals surface area contributed by atoms with Gasteiger partial charge in [0.1, 0.15) is 29.0 Å². The summed E-state index contributed by atoms with van der Waals surface area (Å²) in [6.07, 6.45) is 6.36. The minimum atomic E-state index is -4.07. The number of esters is 1. The van der Waals surface area contributed by atoms with Crippen LogP contribution in [0.1, 0.15) is 129 Å². The van der Waals surface area contributed by atoms with E-state index in [1.54, 1.807) is 34.5 Å². The van der Waals surface area contributed by atoms with E-state index in [4.69, 9.17) is 52.1 Å². The quantitative estimate of drug-likeness (QED) is 0.0517. The number of amides is 2. The number of nitrogens with zero attached hydrogens (tertiary/aromatic N) is 5. The van der Waals surface area contributed by atoms with Gasteiger partial charge in [0.25, 0.3) is 27.4 Å². The fourth-order valence-corrected chi connectivity index (χ4v) is 12.3. The zero-order chi connectivity index (χ0) is 68.4. The molecule has 0 saturated heterocycles. The second kappa shape index (κ2) is 30.3. The molecular weight excluding hydrogens is 1290 g/mol. The molecular formula is C65H73Cl2N7O17S2. The highest BCUT2D eigenvalue weighted by Gasteiger charge is 2.33. The van der Waals surface area contributed by atoms with Crippen LogP contribution in [0.5, 0.6) is 23.3 Å². The Bertz CT molecular complexity index is 4310. The highest BCUT2D eigenvalue weighted by atomic mass is 35.5. The van der Waals surface area contributed by atoms with Crippen LogP contribution in [-0.4, -0.2) is 128 Å². The highest BCUT2D eigenvalue weighted by Crippen LogP contribution is 2.38. The number of carboxylic acids is 1. The number of hydrogen-bond donors (Lipinski definition) is 4.